The van der Waals surface area contributed by atoms with Crippen molar-refractivity contribution in [2.75, 3.05) is 50.1 Å². The molecule has 30 heavy (non-hydrogen) atoms. The van der Waals surface area contributed by atoms with Gasteiger partial charge in [-0.15, -0.1) is 0 Å². The summed E-state index contributed by atoms with van der Waals surface area (Å²) in [5, 5.41) is 3.17. The van der Waals surface area contributed by atoms with Crippen LogP contribution in [-0.2, 0) is 10.0 Å². The molecule has 0 unspecified atom stereocenters. The first kappa shape index (κ1) is 21.8. The number of piperazine rings is 1. The number of aryl methyl sites for hydroxylation is 1. The number of ether oxygens (including phenoxy) is 1. The molecule has 10 nitrogen and oxygen atoms in total. The van der Waals surface area contributed by atoms with Gasteiger partial charge in [0.1, 0.15) is 11.6 Å². The SMILES string of the molecule is CCNc1cc(C)nc(N2CCN(S(=O)(=O)c3ccc(OC)c(C(N)=O)c3)CC2)n1. The summed E-state index contributed by atoms with van der Waals surface area (Å²) in [6.07, 6.45) is 0. The number of primary amides is 1. The van der Waals surface area contributed by atoms with E-state index in [4.69, 9.17) is 10.5 Å². The molecule has 0 bridgehead atoms. The Hall–Kier alpha value is -2.92. The van der Waals surface area contributed by atoms with Crippen molar-refractivity contribution in [3.05, 3.63) is 35.5 Å². The van der Waals surface area contributed by atoms with Crippen molar-refractivity contribution in [1.29, 1.82) is 0 Å². The first-order valence-electron chi connectivity index (χ1n) is 9.58. The molecule has 1 aliphatic heterocycles. The third-order valence-corrected chi connectivity index (χ3v) is 6.69. The van der Waals surface area contributed by atoms with Crippen molar-refractivity contribution in [3.63, 3.8) is 0 Å². The molecule has 0 radical (unpaired) electrons. The smallest absolute Gasteiger partial charge is 0.252 e. The van der Waals surface area contributed by atoms with Crippen LogP contribution in [0.4, 0.5) is 11.8 Å². The molecule has 11 heteroatoms. The maximum Gasteiger partial charge on any atom is 0.252 e. The highest BCUT2D eigenvalue weighted by Gasteiger charge is 2.30. The number of nitrogens with one attached hydrogen (secondary N) is 1. The highest BCUT2D eigenvalue weighted by molar-refractivity contribution is 7.89. The largest absolute Gasteiger partial charge is 0.496 e. The van der Waals surface area contributed by atoms with Gasteiger partial charge in [-0.25, -0.2) is 13.4 Å². The molecule has 162 valence electrons. The Morgan fingerprint density at radius 3 is 2.50 bits per heavy atom. The van der Waals surface area contributed by atoms with Crippen LogP contribution in [0.2, 0.25) is 0 Å². The zero-order valence-corrected chi connectivity index (χ0v) is 18.1. The zero-order chi connectivity index (χ0) is 21.9. The molecule has 1 saturated heterocycles. The summed E-state index contributed by atoms with van der Waals surface area (Å²) in [5.74, 6) is 0.803. The second kappa shape index (κ2) is 8.84. The van der Waals surface area contributed by atoms with E-state index in [1.807, 2.05) is 24.8 Å². The fourth-order valence-corrected chi connectivity index (χ4v) is 4.73. The number of rotatable bonds is 7. The minimum atomic E-state index is -3.78. The Labute approximate surface area is 176 Å². The standard InChI is InChI=1S/C19H26N6O4S/c1-4-21-17-11-13(2)22-19(23-17)24-7-9-25(10-8-24)30(27,28)14-5-6-16(29-3)15(12-14)18(20)26/h5-6,11-12H,4,7-10H2,1-3H3,(H2,20,26)(H,21,22,23). The molecule has 2 aromatic rings. The van der Waals surface area contributed by atoms with E-state index in [1.54, 1.807) is 0 Å². The number of carbonyl (C=O) groups excluding carboxylic acids is 1. The maximum atomic E-state index is 13.1. The molecular formula is C19H26N6O4S. The lowest BCUT2D eigenvalue weighted by molar-refractivity contribution is 0.0997. The van der Waals surface area contributed by atoms with E-state index in [0.717, 1.165) is 18.1 Å². The molecule has 1 fully saturated rings. The Kier molecular flexibility index (Phi) is 6.42. The molecule has 3 rings (SSSR count). The van der Waals surface area contributed by atoms with Crippen molar-refractivity contribution in [2.24, 2.45) is 5.73 Å². The van der Waals surface area contributed by atoms with Crippen molar-refractivity contribution < 1.29 is 17.9 Å². The van der Waals surface area contributed by atoms with E-state index in [2.05, 4.69) is 15.3 Å². The van der Waals surface area contributed by atoms with Crippen LogP contribution in [0, 0.1) is 6.92 Å². The Morgan fingerprint density at radius 1 is 1.20 bits per heavy atom. The van der Waals surface area contributed by atoms with Gasteiger partial charge in [0.2, 0.25) is 16.0 Å². The predicted octanol–water partition coefficient (Wildman–Crippen LogP) is 0.835. The number of methoxy groups -OCH3 is 1. The predicted molar refractivity (Wildman–Crippen MR) is 113 cm³/mol. The number of anilines is 2. The normalized spacial score (nSPS) is 15.1. The van der Waals surface area contributed by atoms with Crippen LogP contribution in [0.5, 0.6) is 5.75 Å². The average molecular weight is 435 g/mol. The number of hydrogen-bond donors (Lipinski definition) is 2. The van der Waals surface area contributed by atoms with Crippen LogP contribution in [0.3, 0.4) is 0 Å². The van der Waals surface area contributed by atoms with Crippen LogP contribution in [0.1, 0.15) is 23.0 Å². The molecule has 0 spiro atoms. The average Bonchev–Trinajstić information content (AvgIpc) is 2.73. The van der Waals surface area contributed by atoms with Gasteiger partial charge in [-0.05, 0) is 32.0 Å². The molecule has 1 aliphatic rings. The number of hydrogen-bond acceptors (Lipinski definition) is 8. The number of amides is 1. The second-order valence-electron chi connectivity index (χ2n) is 6.84. The topological polar surface area (TPSA) is 131 Å². The number of nitrogens with zero attached hydrogens (tertiary/aromatic N) is 4. The highest BCUT2D eigenvalue weighted by atomic mass is 32.2. The molecule has 1 amide bonds. The van der Waals surface area contributed by atoms with Gasteiger partial charge < -0.3 is 20.7 Å². The van der Waals surface area contributed by atoms with E-state index in [0.29, 0.717) is 19.0 Å². The van der Waals surface area contributed by atoms with Gasteiger partial charge in [0.05, 0.1) is 17.6 Å². The van der Waals surface area contributed by atoms with Crippen molar-refractivity contribution in [2.45, 2.75) is 18.7 Å². The quantitative estimate of drug-likeness (QED) is 0.655. The van der Waals surface area contributed by atoms with E-state index < -0.39 is 15.9 Å². The van der Waals surface area contributed by atoms with Crippen LogP contribution >= 0.6 is 0 Å². The fraction of sp³-hybridized carbons (Fsp3) is 0.421. The van der Waals surface area contributed by atoms with E-state index in [-0.39, 0.29) is 29.3 Å². The minimum Gasteiger partial charge on any atom is -0.496 e. The summed E-state index contributed by atoms with van der Waals surface area (Å²) in [4.78, 5) is 22.6. The second-order valence-corrected chi connectivity index (χ2v) is 8.78. The third-order valence-electron chi connectivity index (χ3n) is 4.80. The Morgan fingerprint density at radius 2 is 1.90 bits per heavy atom. The number of nitrogens with two attached hydrogens (primary N) is 1. The summed E-state index contributed by atoms with van der Waals surface area (Å²) < 4.78 is 32.6. The van der Waals surface area contributed by atoms with E-state index >= 15 is 0 Å². The number of carbonyl (C=O) groups is 1. The number of benzene rings is 1. The van der Waals surface area contributed by atoms with Gasteiger partial charge in [0.15, 0.2) is 0 Å². The summed E-state index contributed by atoms with van der Waals surface area (Å²) in [6.45, 7) is 6.08. The summed E-state index contributed by atoms with van der Waals surface area (Å²) >= 11 is 0. The van der Waals surface area contributed by atoms with E-state index in [9.17, 15) is 13.2 Å². The van der Waals surface area contributed by atoms with E-state index in [1.165, 1.54) is 29.6 Å². The van der Waals surface area contributed by atoms with Gasteiger partial charge in [0, 0.05) is 44.5 Å². The lowest BCUT2D eigenvalue weighted by Gasteiger charge is -2.34. The van der Waals surface area contributed by atoms with Gasteiger partial charge >= 0.3 is 0 Å². The van der Waals surface area contributed by atoms with Crippen LogP contribution < -0.4 is 20.7 Å². The van der Waals surface area contributed by atoms with Crippen LogP contribution in [0.15, 0.2) is 29.2 Å². The van der Waals surface area contributed by atoms with Crippen LogP contribution in [0.25, 0.3) is 0 Å². The highest BCUT2D eigenvalue weighted by Crippen LogP contribution is 2.25. The van der Waals surface area contributed by atoms with Gasteiger partial charge in [-0.2, -0.15) is 9.29 Å². The Bertz CT molecular complexity index is 1040. The summed E-state index contributed by atoms with van der Waals surface area (Å²) in [5.41, 5.74) is 6.22. The molecule has 0 atom stereocenters. The number of sulfonamides is 1. The molecule has 3 N–H and O–H groups in total. The molecule has 0 aliphatic carbocycles. The monoisotopic (exact) mass is 434 g/mol. The summed E-state index contributed by atoms with van der Waals surface area (Å²) in [7, 11) is -2.39. The van der Waals surface area contributed by atoms with Gasteiger partial charge in [0.25, 0.3) is 5.91 Å². The van der Waals surface area contributed by atoms with Gasteiger partial charge in [-0.1, -0.05) is 0 Å². The van der Waals surface area contributed by atoms with Crippen molar-refractivity contribution in [1.82, 2.24) is 14.3 Å². The first-order valence-corrected chi connectivity index (χ1v) is 11.0. The van der Waals surface area contributed by atoms with Gasteiger partial charge in [-0.3, -0.25) is 4.79 Å². The van der Waals surface area contributed by atoms with Crippen LogP contribution in [-0.4, -0.2) is 68.4 Å². The molecule has 1 aromatic heterocycles. The molecule has 1 aromatic carbocycles. The maximum absolute atomic E-state index is 13.1. The minimum absolute atomic E-state index is 0.00628. The third kappa shape index (κ3) is 4.46. The molecule has 2 heterocycles. The Balaban J connectivity index is 1.77. The van der Waals surface area contributed by atoms with Crippen molar-refractivity contribution >= 4 is 27.7 Å². The summed E-state index contributed by atoms with van der Waals surface area (Å²) in [6, 6.07) is 5.98. The lowest BCUT2D eigenvalue weighted by Crippen LogP contribution is -2.49. The fourth-order valence-electron chi connectivity index (χ4n) is 3.28. The first-order chi connectivity index (χ1) is 14.3. The molecule has 0 saturated carbocycles. The lowest BCUT2D eigenvalue weighted by atomic mass is 10.2. The zero-order valence-electron chi connectivity index (χ0n) is 17.3. The molecular weight excluding hydrogens is 408 g/mol. The number of aromatic nitrogens is 2. The van der Waals surface area contributed by atoms with Crippen molar-refractivity contribution in [3.8, 4) is 5.75 Å².